The number of nitrogens with zero attached hydrogens (tertiary/aromatic N) is 1. The lowest BCUT2D eigenvalue weighted by Gasteiger charge is -2.24. The van der Waals surface area contributed by atoms with Crippen LogP contribution in [0.25, 0.3) is 0 Å². The lowest BCUT2D eigenvalue weighted by molar-refractivity contribution is -0.134. The van der Waals surface area contributed by atoms with Crippen molar-refractivity contribution in [2.75, 3.05) is 13.7 Å². The van der Waals surface area contributed by atoms with Crippen LogP contribution in [-0.4, -0.2) is 36.4 Å². The number of rotatable bonds is 9. The van der Waals surface area contributed by atoms with Gasteiger partial charge in [0.25, 0.3) is 0 Å². The molecular formula is C22H30ClN3O3. The van der Waals surface area contributed by atoms with Crippen molar-refractivity contribution >= 4 is 24.2 Å². The Labute approximate surface area is 178 Å². The van der Waals surface area contributed by atoms with Gasteiger partial charge in [-0.1, -0.05) is 56.3 Å². The van der Waals surface area contributed by atoms with Gasteiger partial charge in [0, 0.05) is 13.1 Å². The molecule has 0 saturated heterocycles. The fourth-order valence-electron chi connectivity index (χ4n) is 2.68. The highest BCUT2D eigenvalue weighted by atomic mass is 35.5. The summed E-state index contributed by atoms with van der Waals surface area (Å²) in [6.07, 6.45) is 0. The van der Waals surface area contributed by atoms with E-state index in [0.29, 0.717) is 13.1 Å². The van der Waals surface area contributed by atoms with Crippen molar-refractivity contribution < 1.29 is 14.3 Å². The maximum atomic E-state index is 12.8. The second-order valence-corrected chi connectivity index (χ2v) is 7.07. The van der Waals surface area contributed by atoms with Crippen molar-refractivity contribution in [1.29, 1.82) is 0 Å². The second-order valence-electron chi connectivity index (χ2n) is 7.07. The molecule has 0 radical (unpaired) electrons. The summed E-state index contributed by atoms with van der Waals surface area (Å²) in [4.78, 5) is 26.6. The molecule has 0 aliphatic carbocycles. The Bertz CT molecular complexity index is 767. The summed E-state index contributed by atoms with van der Waals surface area (Å²) < 4.78 is 5.18. The molecule has 0 aliphatic rings. The first-order chi connectivity index (χ1) is 13.4. The van der Waals surface area contributed by atoms with Crippen LogP contribution in [0, 0.1) is 5.92 Å². The average molecular weight is 420 g/mol. The average Bonchev–Trinajstić information content (AvgIpc) is 2.71. The molecule has 0 aliphatic heterocycles. The molecule has 0 unspecified atom stereocenters. The van der Waals surface area contributed by atoms with Crippen LogP contribution in [0.2, 0.25) is 0 Å². The number of carbonyl (C=O) groups excluding carboxylic acids is 2. The van der Waals surface area contributed by atoms with Gasteiger partial charge < -0.3 is 20.7 Å². The molecule has 6 nitrogen and oxygen atoms in total. The van der Waals surface area contributed by atoms with Gasteiger partial charge in [-0.2, -0.15) is 0 Å². The van der Waals surface area contributed by atoms with Gasteiger partial charge >= 0.3 is 0 Å². The van der Waals surface area contributed by atoms with E-state index in [0.717, 1.165) is 16.9 Å². The second kappa shape index (κ2) is 12.1. The first-order valence-corrected chi connectivity index (χ1v) is 9.38. The van der Waals surface area contributed by atoms with Crippen LogP contribution in [-0.2, 0) is 22.7 Å². The van der Waals surface area contributed by atoms with E-state index >= 15 is 0 Å². The highest BCUT2D eigenvalue weighted by Crippen LogP contribution is 2.15. The first-order valence-electron chi connectivity index (χ1n) is 9.38. The van der Waals surface area contributed by atoms with Gasteiger partial charge in [0.2, 0.25) is 11.8 Å². The molecule has 29 heavy (non-hydrogen) atoms. The van der Waals surface area contributed by atoms with Gasteiger partial charge in [-0.25, -0.2) is 0 Å². The monoisotopic (exact) mass is 419 g/mol. The van der Waals surface area contributed by atoms with Crippen molar-refractivity contribution in [2.24, 2.45) is 11.7 Å². The predicted octanol–water partition coefficient (Wildman–Crippen LogP) is 2.75. The Morgan fingerprint density at radius 1 is 1.00 bits per heavy atom. The van der Waals surface area contributed by atoms with E-state index in [-0.39, 0.29) is 36.7 Å². The van der Waals surface area contributed by atoms with E-state index in [1.165, 1.54) is 0 Å². The molecule has 3 N–H and O–H groups in total. The molecule has 0 fully saturated rings. The molecule has 7 heteroatoms. The van der Waals surface area contributed by atoms with Gasteiger partial charge in [0.05, 0.1) is 19.7 Å². The highest BCUT2D eigenvalue weighted by molar-refractivity contribution is 5.87. The van der Waals surface area contributed by atoms with E-state index in [4.69, 9.17) is 10.5 Å². The van der Waals surface area contributed by atoms with Crippen molar-refractivity contribution in [1.82, 2.24) is 10.2 Å². The third kappa shape index (κ3) is 7.75. The minimum absolute atomic E-state index is 0. The summed E-state index contributed by atoms with van der Waals surface area (Å²) in [6.45, 7) is 4.55. The molecule has 2 amide bonds. The summed E-state index contributed by atoms with van der Waals surface area (Å²) in [5.74, 6) is 0.297. The number of amides is 2. The molecule has 0 spiro atoms. The standard InChI is InChI=1S/C22H29N3O3.ClH/c1-16(2)21(23)22(27)24-13-20(26)25(14-17-7-5-4-6-8-17)15-18-9-11-19(28-3)12-10-18;/h4-12,16,21H,13-15,23H2,1-3H3,(H,24,27);1H/t21-;/m0./s1. The fraction of sp³-hybridized carbons (Fsp3) is 0.364. The minimum atomic E-state index is -0.628. The quantitative estimate of drug-likeness (QED) is 0.654. The third-order valence-electron chi connectivity index (χ3n) is 4.54. The zero-order valence-corrected chi connectivity index (χ0v) is 17.9. The SMILES string of the molecule is COc1ccc(CN(Cc2ccccc2)C(=O)CNC(=O)[C@@H](N)C(C)C)cc1.Cl. The predicted molar refractivity (Wildman–Crippen MR) is 117 cm³/mol. The molecule has 158 valence electrons. The van der Waals surface area contributed by atoms with Crippen molar-refractivity contribution in [3.05, 3.63) is 65.7 Å². The van der Waals surface area contributed by atoms with Gasteiger partial charge in [0.1, 0.15) is 5.75 Å². The number of nitrogens with one attached hydrogen (secondary N) is 1. The molecule has 2 rings (SSSR count). The topological polar surface area (TPSA) is 84.7 Å². The highest BCUT2D eigenvalue weighted by Gasteiger charge is 2.20. The number of hydrogen-bond acceptors (Lipinski definition) is 4. The molecular weight excluding hydrogens is 390 g/mol. The Morgan fingerprint density at radius 3 is 2.07 bits per heavy atom. The Kier molecular flexibility index (Phi) is 10.2. The Morgan fingerprint density at radius 2 is 1.55 bits per heavy atom. The molecule has 2 aromatic carbocycles. The maximum Gasteiger partial charge on any atom is 0.242 e. The number of benzene rings is 2. The normalized spacial score (nSPS) is 11.3. The van der Waals surface area contributed by atoms with Crippen molar-refractivity contribution in [3.63, 3.8) is 0 Å². The molecule has 2 aromatic rings. The molecule has 0 aromatic heterocycles. The van der Waals surface area contributed by atoms with Crippen LogP contribution in [0.1, 0.15) is 25.0 Å². The Balaban J connectivity index is 0.00000420. The summed E-state index contributed by atoms with van der Waals surface area (Å²) in [6, 6.07) is 16.7. The van der Waals surface area contributed by atoms with E-state index in [2.05, 4.69) is 5.32 Å². The number of ether oxygens (including phenoxy) is 1. The lowest BCUT2D eigenvalue weighted by atomic mass is 10.1. The zero-order chi connectivity index (χ0) is 20.5. The summed E-state index contributed by atoms with van der Waals surface area (Å²) in [5.41, 5.74) is 7.85. The van der Waals surface area contributed by atoms with Crippen LogP contribution >= 0.6 is 12.4 Å². The third-order valence-corrected chi connectivity index (χ3v) is 4.54. The molecule has 1 atom stereocenters. The molecule has 0 heterocycles. The largest absolute Gasteiger partial charge is 0.497 e. The molecule has 0 bridgehead atoms. The van der Waals surface area contributed by atoms with Gasteiger partial charge in [-0.15, -0.1) is 12.4 Å². The smallest absolute Gasteiger partial charge is 0.242 e. The summed E-state index contributed by atoms with van der Waals surface area (Å²) >= 11 is 0. The van der Waals surface area contributed by atoms with E-state index in [1.807, 2.05) is 68.4 Å². The Hall–Kier alpha value is -2.57. The van der Waals surface area contributed by atoms with Crippen LogP contribution in [0.15, 0.2) is 54.6 Å². The van der Waals surface area contributed by atoms with Crippen LogP contribution in [0.3, 0.4) is 0 Å². The van der Waals surface area contributed by atoms with E-state index in [9.17, 15) is 9.59 Å². The van der Waals surface area contributed by atoms with Gasteiger partial charge in [0.15, 0.2) is 0 Å². The maximum absolute atomic E-state index is 12.8. The van der Waals surface area contributed by atoms with Crippen LogP contribution in [0.4, 0.5) is 0 Å². The number of methoxy groups -OCH3 is 1. The minimum Gasteiger partial charge on any atom is -0.497 e. The van der Waals surface area contributed by atoms with Crippen molar-refractivity contribution in [2.45, 2.75) is 33.0 Å². The number of nitrogens with two attached hydrogens (primary N) is 1. The summed E-state index contributed by atoms with van der Waals surface area (Å²) in [7, 11) is 1.62. The zero-order valence-electron chi connectivity index (χ0n) is 17.1. The van der Waals surface area contributed by atoms with E-state index < -0.39 is 6.04 Å². The van der Waals surface area contributed by atoms with E-state index in [1.54, 1.807) is 12.0 Å². The van der Waals surface area contributed by atoms with Gasteiger partial charge in [-0.05, 0) is 29.2 Å². The number of carbonyl (C=O) groups is 2. The fourth-order valence-corrected chi connectivity index (χ4v) is 2.68. The van der Waals surface area contributed by atoms with Gasteiger partial charge in [-0.3, -0.25) is 9.59 Å². The first kappa shape index (κ1) is 24.5. The summed E-state index contributed by atoms with van der Waals surface area (Å²) in [5, 5.41) is 2.66. The number of halogens is 1. The lowest BCUT2D eigenvalue weighted by Crippen LogP contribution is -2.47. The number of hydrogen-bond donors (Lipinski definition) is 2. The van der Waals surface area contributed by atoms with Crippen molar-refractivity contribution in [3.8, 4) is 5.75 Å². The van der Waals surface area contributed by atoms with Crippen LogP contribution < -0.4 is 15.8 Å². The molecule has 0 saturated carbocycles. The van der Waals surface area contributed by atoms with Crippen LogP contribution in [0.5, 0.6) is 5.75 Å².